The molecule has 0 saturated heterocycles. The second-order valence-corrected chi connectivity index (χ2v) is 7.54. The molecule has 0 amide bonds. The second-order valence-electron chi connectivity index (χ2n) is 7.54. The van der Waals surface area contributed by atoms with Crippen molar-refractivity contribution in [3.05, 3.63) is 64.5 Å². The Bertz CT molecular complexity index is 1070. The number of esters is 1. The summed E-state index contributed by atoms with van der Waals surface area (Å²) >= 11 is 0. The molecular formula is C22H24N4O4. The quantitative estimate of drug-likeness (QED) is 0.760. The van der Waals surface area contributed by atoms with Gasteiger partial charge >= 0.3 is 5.97 Å². The summed E-state index contributed by atoms with van der Waals surface area (Å²) in [5.74, 6) is 0.843. The molecule has 1 aliphatic heterocycles. The normalized spacial score (nSPS) is 18.8. The zero-order valence-electron chi connectivity index (χ0n) is 17.3. The van der Waals surface area contributed by atoms with E-state index in [0.717, 1.165) is 17.0 Å². The summed E-state index contributed by atoms with van der Waals surface area (Å²) in [6.45, 7) is 1.82. The molecule has 1 aromatic carbocycles. The molecule has 8 nitrogen and oxygen atoms in total. The third-order valence-corrected chi connectivity index (χ3v) is 5.53. The van der Waals surface area contributed by atoms with Gasteiger partial charge in [-0.2, -0.15) is 5.10 Å². The molecule has 4 rings (SSSR count). The Morgan fingerprint density at radius 3 is 2.83 bits per heavy atom. The minimum atomic E-state index is -0.460. The minimum Gasteiger partial charge on any atom is -0.496 e. The number of hydrogen-bond acceptors (Lipinski definition) is 7. The number of hydrogen-bond donors (Lipinski definition) is 1. The van der Waals surface area contributed by atoms with E-state index in [-0.39, 0.29) is 24.7 Å². The number of aryl methyl sites for hydroxylation is 1. The van der Waals surface area contributed by atoms with Gasteiger partial charge in [-0.1, -0.05) is 18.2 Å². The molecule has 1 N–H and O–H groups in total. The number of benzene rings is 1. The van der Waals surface area contributed by atoms with Crippen molar-refractivity contribution in [3.63, 3.8) is 0 Å². The molecule has 8 heteroatoms. The number of aromatic nitrogens is 3. The highest BCUT2D eigenvalue weighted by Crippen LogP contribution is 2.41. The molecule has 0 saturated carbocycles. The SMILES string of the molecule is COc1ccccc1[C@H]1CC(=O)C2=C(C1)NC(C)=C(C(=O)OCc1ncn(C)n1)C2. The molecule has 0 spiro atoms. The van der Waals surface area contributed by atoms with Crippen LogP contribution in [0.5, 0.6) is 5.75 Å². The molecule has 156 valence electrons. The van der Waals surface area contributed by atoms with Gasteiger partial charge in [0.05, 0.1) is 12.7 Å². The van der Waals surface area contributed by atoms with Crippen molar-refractivity contribution in [3.8, 4) is 5.75 Å². The van der Waals surface area contributed by atoms with Crippen molar-refractivity contribution < 1.29 is 19.1 Å². The van der Waals surface area contributed by atoms with Crippen molar-refractivity contribution in [1.82, 2.24) is 20.1 Å². The average Bonchev–Trinajstić information content (AvgIpc) is 3.16. The lowest BCUT2D eigenvalue weighted by molar-refractivity contribution is -0.140. The van der Waals surface area contributed by atoms with Gasteiger partial charge < -0.3 is 14.8 Å². The van der Waals surface area contributed by atoms with E-state index in [9.17, 15) is 9.59 Å². The predicted molar refractivity (Wildman–Crippen MR) is 108 cm³/mol. The standard InChI is InChI=1S/C22H24N4O4/c1-13-16(22(28)30-11-21-23-12-26(2)25-21)10-17-18(24-13)8-14(9-19(17)27)15-6-4-5-7-20(15)29-3/h4-7,12,14,24H,8-11H2,1-3H3/t14-/m1/s1. The van der Waals surface area contributed by atoms with Crippen LogP contribution in [0.1, 0.15) is 43.5 Å². The van der Waals surface area contributed by atoms with Crippen LogP contribution in [0.3, 0.4) is 0 Å². The van der Waals surface area contributed by atoms with E-state index >= 15 is 0 Å². The van der Waals surface area contributed by atoms with Crippen LogP contribution in [-0.2, 0) is 28.0 Å². The first-order valence-electron chi connectivity index (χ1n) is 9.82. The zero-order chi connectivity index (χ0) is 21.3. The number of methoxy groups -OCH3 is 1. The Balaban J connectivity index is 1.48. The van der Waals surface area contributed by atoms with Gasteiger partial charge in [0.25, 0.3) is 0 Å². The maximum Gasteiger partial charge on any atom is 0.336 e. The molecule has 2 aliphatic rings. The number of nitrogens with one attached hydrogen (secondary N) is 1. The molecule has 2 aromatic rings. The van der Waals surface area contributed by atoms with Crippen LogP contribution >= 0.6 is 0 Å². The fraction of sp³-hybridized carbons (Fsp3) is 0.364. The number of para-hydroxylation sites is 1. The van der Waals surface area contributed by atoms with E-state index in [2.05, 4.69) is 15.4 Å². The van der Waals surface area contributed by atoms with Crippen molar-refractivity contribution in [2.24, 2.45) is 7.05 Å². The third kappa shape index (κ3) is 3.85. The highest BCUT2D eigenvalue weighted by atomic mass is 16.5. The molecule has 0 bridgehead atoms. The Kier molecular flexibility index (Phi) is 5.39. The highest BCUT2D eigenvalue weighted by molar-refractivity contribution is 6.01. The molecule has 0 unspecified atom stereocenters. The first-order valence-corrected chi connectivity index (χ1v) is 9.82. The zero-order valence-corrected chi connectivity index (χ0v) is 17.3. The van der Waals surface area contributed by atoms with Crippen LogP contribution in [0, 0.1) is 0 Å². The van der Waals surface area contributed by atoms with Gasteiger partial charge in [-0.05, 0) is 25.0 Å². The highest BCUT2D eigenvalue weighted by Gasteiger charge is 2.34. The maximum absolute atomic E-state index is 12.9. The number of carbonyl (C=O) groups excluding carboxylic acids is 2. The summed E-state index contributed by atoms with van der Waals surface area (Å²) in [4.78, 5) is 29.6. The number of ether oxygens (including phenoxy) is 2. The number of allylic oxidation sites excluding steroid dienone is 3. The van der Waals surface area contributed by atoms with Gasteiger partial charge in [-0.3, -0.25) is 9.48 Å². The Labute approximate surface area is 174 Å². The summed E-state index contributed by atoms with van der Waals surface area (Å²) in [5.41, 5.74) is 3.74. The van der Waals surface area contributed by atoms with Crippen molar-refractivity contribution >= 4 is 11.8 Å². The fourth-order valence-electron chi connectivity index (χ4n) is 4.02. The summed E-state index contributed by atoms with van der Waals surface area (Å²) in [6, 6.07) is 7.79. The minimum absolute atomic E-state index is 0.00776. The lowest BCUT2D eigenvalue weighted by Crippen LogP contribution is -2.31. The van der Waals surface area contributed by atoms with Crippen LogP contribution in [0.2, 0.25) is 0 Å². The Hall–Kier alpha value is -3.42. The van der Waals surface area contributed by atoms with E-state index in [1.54, 1.807) is 25.2 Å². The number of ketones is 1. The van der Waals surface area contributed by atoms with Crippen molar-refractivity contribution in [1.29, 1.82) is 0 Å². The van der Waals surface area contributed by atoms with Gasteiger partial charge in [-0.25, -0.2) is 9.78 Å². The summed E-state index contributed by atoms with van der Waals surface area (Å²) < 4.78 is 12.4. The van der Waals surface area contributed by atoms with Crippen LogP contribution < -0.4 is 10.1 Å². The van der Waals surface area contributed by atoms with Gasteiger partial charge in [0.1, 0.15) is 12.1 Å². The fourth-order valence-corrected chi connectivity index (χ4v) is 4.02. The Morgan fingerprint density at radius 1 is 1.30 bits per heavy atom. The molecule has 1 aliphatic carbocycles. The average molecular weight is 408 g/mol. The van der Waals surface area contributed by atoms with Crippen molar-refractivity contribution in [2.75, 3.05) is 7.11 Å². The van der Waals surface area contributed by atoms with E-state index in [0.29, 0.717) is 35.5 Å². The van der Waals surface area contributed by atoms with Crippen LogP contribution in [0.25, 0.3) is 0 Å². The van der Waals surface area contributed by atoms with E-state index in [1.165, 1.54) is 0 Å². The van der Waals surface area contributed by atoms with E-state index < -0.39 is 5.97 Å². The first kappa shape index (κ1) is 19.9. The van der Waals surface area contributed by atoms with Crippen LogP contribution in [-0.4, -0.2) is 33.6 Å². The molecule has 2 heterocycles. The van der Waals surface area contributed by atoms with Crippen molar-refractivity contribution in [2.45, 2.75) is 38.7 Å². The number of dihydropyridines is 1. The molecule has 1 atom stereocenters. The number of nitrogens with zero attached hydrogens (tertiary/aromatic N) is 3. The van der Waals surface area contributed by atoms with Gasteiger partial charge in [-0.15, -0.1) is 0 Å². The number of rotatable bonds is 5. The largest absolute Gasteiger partial charge is 0.496 e. The van der Waals surface area contributed by atoms with Crippen LogP contribution in [0.4, 0.5) is 0 Å². The predicted octanol–water partition coefficient (Wildman–Crippen LogP) is 2.54. The topological polar surface area (TPSA) is 95.3 Å². The first-order chi connectivity index (χ1) is 14.5. The summed E-state index contributed by atoms with van der Waals surface area (Å²) in [6.07, 6.45) is 2.91. The molecule has 1 aromatic heterocycles. The molecule has 0 radical (unpaired) electrons. The Morgan fingerprint density at radius 2 is 2.10 bits per heavy atom. The monoisotopic (exact) mass is 408 g/mol. The molecule has 30 heavy (non-hydrogen) atoms. The van der Waals surface area contributed by atoms with E-state index in [1.807, 2.05) is 31.2 Å². The third-order valence-electron chi connectivity index (χ3n) is 5.53. The smallest absolute Gasteiger partial charge is 0.336 e. The number of Topliss-reactive ketones (excluding diaryl/α,β-unsaturated/α-hetero) is 1. The molecular weight excluding hydrogens is 384 g/mol. The lowest BCUT2D eigenvalue weighted by atomic mass is 9.78. The second kappa shape index (κ2) is 8.14. The summed E-state index contributed by atoms with van der Waals surface area (Å²) in [7, 11) is 3.38. The van der Waals surface area contributed by atoms with Gasteiger partial charge in [0.15, 0.2) is 18.2 Å². The maximum atomic E-state index is 12.9. The van der Waals surface area contributed by atoms with E-state index in [4.69, 9.17) is 9.47 Å². The van der Waals surface area contributed by atoms with Gasteiger partial charge in [0, 0.05) is 42.8 Å². The number of carbonyl (C=O) groups is 2. The lowest BCUT2D eigenvalue weighted by Gasteiger charge is -2.32. The molecule has 0 fully saturated rings. The van der Waals surface area contributed by atoms with Crippen LogP contribution in [0.15, 0.2) is 53.1 Å². The summed E-state index contributed by atoms with van der Waals surface area (Å²) in [5, 5.41) is 7.38. The van der Waals surface area contributed by atoms with Gasteiger partial charge in [0.2, 0.25) is 0 Å².